The zero-order chi connectivity index (χ0) is 20.7. The second kappa shape index (κ2) is 8.10. The molecule has 3 aliphatic carbocycles. The largest absolute Gasteiger partial charge is 0.478 e. The molecule has 7 heteroatoms. The van der Waals surface area contributed by atoms with Crippen molar-refractivity contribution < 1.29 is 19.2 Å². The van der Waals surface area contributed by atoms with Crippen molar-refractivity contribution in [3.8, 4) is 11.5 Å². The quantitative estimate of drug-likeness (QED) is 0.653. The van der Waals surface area contributed by atoms with Crippen LogP contribution >= 0.6 is 11.3 Å². The fraction of sp³-hybridized carbons (Fsp3) is 0.565. The molecule has 0 radical (unpaired) electrons. The minimum Gasteiger partial charge on any atom is -0.478 e. The first-order valence-electron chi connectivity index (χ1n) is 11.1. The Morgan fingerprint density at radius 1 is 1.00 bits per heavy atom. The van der Waals surface area contributed by atoms with E-state index in [1.54, 1.807) is 11.3 Å². The molecule has 1 saturated carbocycles. The van der Waals surface area contributed by atoms with Crippen molar-refractivity contribution in [3.05, 3.63) is 32.3 Å². The van der Waals surface area contributed by atoms with Gasteiger partial charge in [0.25, 0.3) is 5.89 Å². The average molecular weight is 427 g/mol. The Balaban J connectivity index is 1.52. The topological polar surface area (TPSA) is 93.3 Å². The lowest BCUT2D eigenvalue weighted by molar-refractivity contribution is -0.133. The molecule has 5 rings (SSSR count). The number of aromatic nitrogens is 2. The number of Topliss-reactive ketones (excluding diaryl/α,β-unsaturated/α-hetero) is 1. The van der Waals surface area contributed by atoms with E-state index in [-0.39, 0.29) is 12.2 Å². The number of nitrogens with zero attached hydrogens (tertiary/aromatic N) is 2. The van der Waals surface area contributed by atoms with E-state index >= 15 is 0 Å². The number of carboxylic acid groups (broad SMARTS) is 1. The summed E-state index contributed by atoms with van der Waals surface area (Å²) in [4.78, 5) is 31.8. The molecule has 0 spiro atoms. The Morgan fingerprint density at radius 3 is 2.50 bits per heavy atom. The summed E-state index contributed by atoms with van der Waals surface area (Å²) in [5, 5.41) is 13.7. The fourth-order valence-corrected chi connectivity index (χ4v) is 6.10. The number of ketones is 1. The van der Waals surface area contributed by atoms with E-state index in [0.717, 1.165) is 67.6 Å². The first kappa shape index (κ1) is 19.7. The molecule has 0 unspecified atom stereocenters. The van der Waals surface area contributed by atoms with Gasteiger partial charge in [-0.3, -0.25) is 4.79 Å². The maximum absolute atomic E-state index is 13.2. The van der Waals surface area contributed by atoms with Gasteiger partial charge in [0.15, 0.2) is 11.6 Å². The minimum atomic E-state index is -0.953. The molecular weight excluding hydrogens is 400 g/mol. The molecule has 0 aromatic carbocycles. The number of aryl methyl sites for hydroxylation is 1. The molecule has 30 heavy (non-hydrogen) atoms. The second-order valence-electron chi connectivity index (χ2n) is 8.66. The number of rotatable bonds is 6. The van der Waals surface area contributed by atoms with Gasteiger partial charge in [0.1, 0.15) is 0 Å². The average Bonchev–Trinajstić information content (AvgIpc) is 3.45. The smallest absolute Gasteiger partial charge is 0.331 e. The molecule has 1 fully saturated rings. The molecule has 1 N–H and O–H groups in total. The number of thiophene rings is 1. The molecule has 3 aliphatic rings. The van der Waals surface area contributed by atoms with Gasteiger partial charge in [0.05, 0.1) is 5.56 Å². The van der Waals surface area contributed by atoms with Crippen LogP contribution in [0.1, 0.15) is 84.8 Å². The molecule has 2 heterocycles. The lowest BCUT2D eigenvalue weighted by Gasteiger charge is -2.16. The maximum atomic E-state index is 13.2. The Bertz CT molecular complexity index is 1030. The standard InChI is InChI=1S/C23H26N2O4S/c26-17(14-6-4-5-7-15(14)23(27)28)12-19-20(16-8-2-1-3-9-18(16)30-19)22-24-21(25-29-22)13-10-11-13/h13H,1-12H2,(H,27,28). The van der Waals surface area contributed by atoms with E-state index in [9.17, 15) is 14.7 Å². The summed E-state index contributed by atoms with van der Waals surface area (Å²) in [5.41, 5.74) is 3.03. The van der Waals surface area contributed by atoms with Gasteiger partial charge in [0, 0.05) is 33.2 Å². The minimum absolute atomic E-state index is 0.0632. The number of allylic oxidation sites excluding steroid dienone is 1. The van der Waals surface area contributed by atoms with E-state index in [1.165, 1.54) is 16.9 Å². The molecule has 2 aromatic rings. The molecule has 0 bridgehead atoms. The summed E-state index contributed by atoms with van der Waals surface area (Å²) in [5.74, 6) is 0.711. The monoisotopic (exact) mass is 426 g/mol. The third-order valence-electron chi connectivity index (χ3n) is 6.48. The number of carboxylic acids is 1. The van der Waals surface area contributed by atoms with E-state index < -0.39 is 5.97 Å². The van der Waals surface area contributed by atoms with Gasteiger partial charge in [-0.15, -0.1) is 11.3 Å². The Labute approximate surface area is 179 Å². The van der Waals surface area contributed by atoms with E-state index in [1.807, 2.05) is 0 Å². The predicted octanol–water partition coefficient (Wildman–Crippen LogP) is 5.01. The van der Waals surface area contributed by atoms with Gasteiger partial charge >= 0.3 is 5.97 Å². The van der Waals surface area contributed by atoms with Crippen LogP contribution in [0.2, 0.25) is 0 Å². The van der Waals surface area contributed by atoms with Crippen molar-refractivity contribution in [1.82, 2.24) is 10.1 Å². The van der Waals surface area contributed by atoms with E-state index in [0.29, 0.717) is 35.8 Å². The highest BCUT2D eigenvalue weighted by atomic mass is 32.1. The zero-order valence-corrected chi connectivity index (χ0v) is 17.9. The van der Waals surface area contributed by atoms with Gasteiger partial charge < -0.3 is 9.63 Å². The molecule has 2 aromatic heterocycles. The van der Waals surface area contributed by atoms with Gasteiger partial charge in [-0.25, -0.2) is 4.79 Å². The highest BCUT2D eigenvalue weighted by molar-refractivity contribution is 7.12. The lowest BCUT2D eigenvalue weighted by Crippen LogP contribution is -2.17. The third-order valence-corrected chi connectivity index (χ3v) is 7.77. The van der Waals surface area contributed by atoms with Crippen LogP contribution in [0.25, 0.3) is 11.5 Å². The SMILES string of the molecule is O=C(O)C1=C(C(=O)Cc2sc3c(c2-c2nc(C4CC4)no2)CCCCC3)CCCC1. The molecule has 0 saturated heterocycles. The summed E-state index contributed by atoms with van der Waals surface area (Å²) in [6, 6.07) is 0. The van der Waals surface area contributed by atoms with Crippen LogP contribution in [0.5, 0.6) is 0 Å². The summed E-state index contributed by atoms with van der Waals surface area (Å²) in [6.45, 7) is 0. The van der Waals surface area contributed by atoms with Crippen molar-refractivity contribution in [3.63, 3.8) is 0 Å². The first-order chi connectivity index (χ1) is 14.6. The van der Waals surface area contributed by atoms with Crippen LogP contribution in [-0.2, 0) is 28.9 Å². The molecule has 0 aliphatic heterocycles. The highest BCUT2D eigenvalue weighted by Crippen LogP contribution is 2.43. The maximum Gasteiger partial charge on any atom is 0.331 e. The molecule has 6 nitrogen and oxygen atoms in total. The number of hydrogen-bond donors (Lipinski definition) is 1. The van der Waals surface area contributed by atoms with E-state index in [2.05, 4.69) is 10.1 Å². The Hall–Kier alpha value is -2.28. The predicted molar refractivity (Wildman–Crippen MR) is 113 cm³/mol. The number of hydrogen-bond acceptors (Lipinski definition) is 6. The van der Waals surface area contributed by atoms with Crippen LogP contribution in [-0.4, -0.2) is 27.0 Å². The number of fused-ring (bicyclic) bond motifs is 1. The number of carbonyl (C=O) groups is 2. The van der Waals surface area contributed by atoms with Crippen LogP contribution in [0.4, 0.5) is 0 Å². The Morgan fingerprint density at radius 2 is 1.73 bits per heavy atom. The normalized spacial score (nSPS) is 19.5. The van der Waals surface area contributed by atoms with Gasteiger partial charge in [-0.1, -0.05) is 11.6 Å². The van der Waals surface area contributed by atoms with E-state index in [4.69, 9.17) is 4.52 Å². The molecule has 0 atom stereocenters. The van der Waals surface area contributed by atoms with Crippen molar-refractivity contribution in [2.24, 2.45) is 0 Å². The van der Waals surface area contributed by atoms with Crippen molar-refractivity contribution in [2.45, 2.75) is 83.0 Å². The third kappa shape index (κ3) is 3.75. The molecule has 158 valence electrons. The zero-order valence-electron chi connectivity index (χ0n) is 17.0. The molecule has 0 amide bonds. The first-order valence-corrected chi connectivity index (χ1v) is 11.9. The van der Waals surface area contributed by atoms with Crippen LogP contribution in [0.15, 0.2) is 15.7 Å². The highest BCUT2D eigenvalue weighted by Gasteiger charge is 2.32. The van der Waals surface area contributed by atoms with Gasteiger partial charge in [-0.2, -0.15) is 4.98 Å². The second-order valence-corrected chi connectivity index (χ2v) is 9.85. The lowest BCUT2D eigenvalue weighted by atomic mass is 9.87. The van der Waals surface area contributed by atoms with Crippen LogP contribution < -0.4 is 0 Å². The number of carbonyl (C=O) groups excluding carboxylic acids is 1. The summed E-state index contributed by atoms with van der Waals surface area (Å²) in [7, 11) is 0. The number of aliphatic carboxylic acids is 1. The molecular formula is C23H26N2O4S. The summed E-state index contributed by atoms with van der Waals surface area (Å²) in [6.07, 6.45) is 10.7. The van der Waals surface area contributed by atoms with Gasteiger partial charge in [-0.05, 0) is 69.8 Å². The Kier molecular flexibility index (Phi) is 5.31. The van der Waals surface area contributed by atoms with Gasteiger partial charge in [0.2, 0.25) is 0 Å². The summed E-state index contributed by atoms with van der Waals surface area (Å²) < 4.78 is 5.67. The van der Waals surface area contributed by atoms with Crippen molar-refractivity contribution >= 4 is 23.1 Å². The van der Waals surface area contributed by atoms with Crippen LogP contribution in [0.3, 0.4) is 0 Å². The van der Waals surface area contributed by atoms with Crippen LogP contribution in [0, 0.1) is 0 Å². The fourth-order valence-electron chi connectivity index (χ4n) is 4.72. The van der Waals surface area contributed by atoms with Crippen molar-refractivity contribution in [2.75, 3.05) is 0 Å². The van der Waals surface area contributed by atoms with Crippen molar-refractivity contribution in [1.29, 1.82) is 0 Å². The summed E-state index contributed by atoms with van der Waals surface area (Å²) >= 11 is 1.69.